The summed E-state index contributed by atoms with van der Waals surface area (Å²) in [5, 5.41) is 44.6. The van der Waals surface area contributed by atoms with Crippen LogP contribution in [0.4, 0.5) is 11.4 Å². The second-order valence-electron chi connectivity index (χ2n) is 5.46. The van der Waals surface area contributed by atoms with E-state index in [0.717, 1.165) is 17.6 Å². The van der Waals surface area contributed by atoms with Gasteiger partial charge >= 0.3 is 0 Å². The maximum absolute atomic E-state index is 9.98. The fourth-order valence-electron chi connectivity index (χ4n) is 2.13. The fraction of sp³-hybridized carbons (Fsp3) is 0.278. The first kappa shape index (κ1) is 18.1. The Morgan fingerprint density at radius 1 is 0.792 bits per heavy atom. The number of nitrogens with zero attached hydrogens (tertiary/aromatic N) is 2. The first-order valence-electron chi connectivity index (χ1n) is 7.67. The number of aliphatic hydroxyl groups excluding tert-OH is 4. The van der Waals surface area contributed by atoms with Crippen molar-refractivity contribution in [2.45, 2.75) is 31.3 Å². The van der Waals surface area contributed by atoms with E-state index in [1.165, 1.54) is 6.92 Å². The van der Waals surface area contributed by atoms with Crippen molar-refractivity contribution in [2.24, 2.45) is 5.10 Å². The normalized spacial score (nSPS) is 16.5. The minimum atomic E-state index is -1.54. The Balaban J connectivity index is 2.23. The lowest BCUT2D eigenvalue weighted by atomic mass is 10.1. The van der Waals surface area contributed by atoms with Crippen LogP contribution in [0.15, 0.2) is 65.8 Å². The summed E-state index contributed by atoms with van der Waals surface area (Å²) < 4.78 is 0. The van der Waals surface area contributed by atoms with Gasteiger partial charge in [-0.05, 0) is 31.2 Å². The lowest BCUT2D eigenvalue weighted by Crippen LogP contribution is -2.44. The summed E-state index contributed by atoms with van der Waals surface area (Å²) >= 11 is 0. The van der Waals surface area contributed by atoms with Crippen molar-refractivity contribution in [3.63, 3.8) is 0 Å². The van der Waals surface area contributed by atoms with Crippen LogP contribution in [-0.4, -0.2) is 51.1 Å². The van der Waals surface area contributed by atoms with E-state index in [4.69, 9.17) is 0 Å². The maximum Gasteiger partial charge on any atom is 0.119 e. The Kier molecular flexibility index (Phi) is 6.45. The topological polar surface area (TPSA) is 96.5 Å². The number of para-hydroxylation sites is 2. The number of hydrazone groups is 1. The summed E-state index contributed by atoms with van der Waals surface area (Å²) in [6, 6.07) is 18.7. The van der Waals surface area contributed by atoms with Gasteiger partial charge in [0.15, 0.2) is 0 Å². The molecule has 4 atom stereocenters. The molecular formula is C18H22N2O4. The van der Waals surface area contributed by atoms with E-state index in [1.54, 1.807) is 5.01 Å². The van der Waals surface area contributed by atoms with E-state index in [0.29, 0.717) is 0 Å². The number of hydrogen-bond acceptors (Lipinski definition) is 6. The third-order valence-electron chi connectivity index (χ3n) is 3.53. The standard InChI is InChI=1S/C18H22N2O4/c1-13(21)17(23)18(24)16(22)12-19-20(14-8-4-2-5-9-14)15-10-6-3-7-11-15/h2-13,16-18,21-24H,1H3/b19-12+. The molecule has 0 radical (unpaired) electrons. The van der Waals surface area contributed by atoms with Gasteiger partial charge in [0, 0.05) is 0 Å². The molecule has 0 aliphatic carbocycles. The van der Waals surface area contributed by atoms with Gasteiger partial charge in [0.05, 0.1) is 23.7 Å². The Hall–Kier alpha value is -2.25. The summed E-state index contributed by atoms with van der Waals surface area (Å²) in [7, 11) is 0. The van der Waals surface area contributed by atoms with Crippen molar-refractivity contribution in [3.05, 3.63) is 60.7 Å². The van der Waals surface area contributed by atoms with E-state index in [9.17, 15) is 20.4 Å². The van der Waals surface area contributed by atoms with Crippen molar-refractivity contribution < 1.29 is 20.4 Å². The van der Waals surface area contributed by atoms with E-state index in [2.05, 4.69) is 5.10 Å². The summed E-state index contributed by atoms with van der Waals surface area (Å²) in [5.41, 5.74) is 1.55. The molecule has 0 heterocycles. The summed E-state index contributed by atoms with van der Waals surface area (Å²) in [4.78, 5) is 0. The molecule has 0 aliphatic heterocycles. The molecule has 0 aromatic heterocycles. The zero-order valence-electron chi connectivity index (χ0n) is 13.3. The third kappa shape index (κ3) is 4.62. The van der Waals surface area contributed by atoms with Crippen LogP contribution in [0.5, 0.6) is 0 Å². The molecule has 4 unspecified atom stereocenters. The Labute approximate surface area is 140 Å². The highest BCUT2D eigenvalue weighted by Gasteiger charge is 2.27. The smallest absolute Gasteiger partial charge is 0.119 e. The van der Waals surface area contributed by atoms with Gasteiger partial charge in [-0.25, -0.2) is 5.01 Å². The molecule has 0 saturated carbocycles. The molecule has 0 bridgehead atoms. The van der Waals surface area contributed by atoms with Crippen molar-refractivity contribution in [1.29, 1.82) is 0 Å². The average Bonchev–Trinajstić information content (AvgIpc) is 2.62. The van der Waals surface area contributed by atoms with Crippen LogP contribution < -0.4 is 5.01 Å². The Bertz CT molecular complexity index is 594. The van der Waals surface area contributed by atoms with E-state index in [1.807, 2.05) is 60.7 Å². The van der Waals surface area contributed by atoms with Crippen LogP contribution in [0.2, 0.25) is 0 Å². The number of rotatable bonds is 7. The first-order chi connectivity index (χ1) is 11.5. The summed E-state index contributed by atoms with van der Waals surface area (Å²) in [6.45, 7) is 1.33. The lowest BCUT2D eigenvalue weighted by Gasteiger charge is -2.24. The van der Waals surface area contributed by atoms with Crippen molar-refractivity contribution in [2.75, 3.05) is 5.01 Å². The Morgan fingerprint density at radius 3 is 1.67 bits per heavy atom. The molecule has 6 heteroatoms. The van der Waals surface area contributed by atoms with Crippen molar-refractivity contribution in [3.8, 4) is 0 Å². The molecule has 2 rings (SSSR count). The molecule has 0 saturated heterocycles. The van der Waals surface area contributed by atoms with Gasteiger partial charge in [0.2, 0.25) is 0 Å². The number of hydrogen-bond donors (Lipinski definition) is 4. The van der Waals surface area contributed by atoms with Crippen LogP contribution in [0.3, 0.4) is 0 Å². The minimum absolute atomic E-state index is 0.776. The van der Waals surface area contributed by atoms with Crippen molar-refractivity contribution in [1.82, 2.24) is 0 Å². The third-order valence-corrected chi connectivity index (χ3v) is 3.53. The predicted molar refractivity (Wildman–Crippen MR) is 93.2 cm³/mol. The van der Waals surface area contributed by atoms with Crippen LogP contribution in [0.1, 0.15) is 6.92 Å². The highest BCUT2D eigenvalue weighted by Crippen LogP contribution is 2.25. The van der Waals surface area contributed by atoms with E-state index in [-0.39, 0.29) is 0 Å². The van der Waals surface area contributed by atoms with Crippen LogP contribution >= 0.6 is 0 Å². The van der Waals surface area contributed by atoms with Gasteiger partial charge in [0.25, 0.3) is 0 Å². The average molecular weight is 330 g/mol. The summed E-state index contributed by atoms with van der Waals surface area (Å²) in [5.74, 6) is 0. The summed E-state index contributed by atoms with van der Waals surface area (Å²) in [6.07, 6.45) is -4.46. The van der Waals surface area contributed by atoms with Gasteiger partial charge in [-0.2, -0.15) is 5.10 Å². The largest absolute Gasteiger partial charge is 0.391 e. The van der Waals surface area contributed by atoms with E-state index >= 15 is 0 Å². The van der Waals surface area contributed by atoms with Gasteiger partial charge in [-0.15, -0.1) is 0 Å². The fourth-order valence-corrected chi connectivity index (χ4v) is 2.13. The Morgan fingerprint density at radius 2 is 1.25 bits per heavy atom. The highest BCUT2D eigenvalue weighted by molar-refractivity contribution is 5.70. The second kappa shape index (κ2) is 8.56. The zero-order valence-corrected chi connectivity index (χ0v) is 13.3. The molecule has 4 N–H and O–H groups in total. The zero-order chi connectivity index (χ0) is 17.5. The highest BCUT2D eigenvalue weighted by atomic mass is 16.4. The van der Waals surface area contributed by atoms with Gasteiger partial charge in [-0.1, -0.05) is 36.4 Å². The molecule has 0 fully saturated rings. The molecular weight excluding hydrogens is 308 g/mol. The van der Waals surface area contributed by atoms with Crippen LogP contribution in [-0.2, 0) is 0 Å². The number of aliphatic hydroxyl groups is 4. The van der Waals surface area contributed by atoms with Crippen LogP contribution in [0, 0.1) is 0 Å². The molecule has 0 aliphatic rings. The van der Waals surface area contributed by atoms with Crippen LogP contribution in [0.25, 0.3) is 0 Å². The SMILES string of the molecule is CC(O)C(O)C(O)C(O)/C=N/N(c1ccccc1)c1ccccc1. The predicted octanol–water partition coefficient (Wildman–Crippen LogP) is 1.27. The lowest BCUT2D eigenvalue weighted by molar-refractivity contribution is -0.0821. The molecule has 24 heavy (non-hydrogen) atoms. The van der Waals surface area contributed by atoms with Crippen molar-refractivity contribution >= 4 is 17.6 Å². The molecule has 0 amide bonds. The molecule has 2 aromatic carbocycles. The van der Waals surface area contributed by atoms with E-state index < -0.39 is 24.4 Å². The first-order valence-corrected chi connectivity index (χ1v) is 7.67. The second-order valence-corrected chi connectivity index (χ2v) is 5.46. The number of anilines is 2. The molecule has 2 aromatic rings. The van der Waals surface area contributed by atoms with Gasteiger partial charge < -0.3 is 20.4 Å². The maximum atomic E-state index is 9.98. The minimum Gasteiger partial charge on any atom is -0.391 e. The van der Waals surface area contributed by atoms with Gasteiger partial charge in [-0.3, -0.25) is 0 Å². The molecule has 6 nitrogen and oxygen atoms in total. The monoisotopic (exact) mass is 330 g/mol. The number of benzene rings is 2. The molecule has 128 valence electrons. The quantitative estimate of drug-likeness (QED) is 0.453. The molecule has 0 spiro atoms. The van der Waals surface area contributed by atoms with Gasteiger partial charge in [0.1, 0.15) is 18.3 Å².